The third kappa shape index (κ3) is 4.69. The molecule has 0 saturated heterocycles. The summed E-state index contributed by atoms with van der Waals surface area (Å²) in [6, 6.07) is 12.1. The number of fused-ring (bicyclic) bond motifs is 6. The van der Waals surface area contributed by atoms with Crippen molar-refractivity contribution in [3.8, 4) is 5.75 Å². The Morgan fingerprint density at radius 2 is 1.66 bits per heavy atom. The summed E-state index contributed by atoms with van der Waals surface area (Å²) < 4.78 is 20.6. The van der Waals surface area contributed by atoms with Gasteiger partial charge in [0.2, 0.25) is 0 Å². The van der Waals surface area contributed by atoms with Gasteiger partial charge < -0.3 is 33.0 Å². The molecule has 9 nitrogen and oxygen atoms in total. The lowest BCUT2D eigenvalue weighted by Gasteiger charge is -2.18. The summed E-state index contributed by atoms with van der Waals surface area (Å²) in [5, 5.41) is 1.85. The molecule has 0 bridgehead atoms. The summed E-state index contributed by atoms with van der Waals surface area (Å²) in [6.45, 7) is 4.09. The molecule has 10 heteroatoms. The lowest BCUT2D eigenvalue weighted by Crippen LogP contribution is -3.09. The normalized spacial score (nSPS) is 15.0. The number of nitrogens with one attached hydrogen (secondary N) is 1. The number of benzene rings is 1. The molecule has 0 fully saturated rings. The van der Waals surface area contributed by atoms with Gasteiger partial charge in [0.1, 0.15) is 23.2 Å². The van der Waals surface area contributed by atoms with Gasteiger partial charge >= 0.3 is 11.9 Å². The second-order valence-electron chi connectivity index (χ2n) is 11.2. The molecule has 1 atom stereocenters. The zero-order valence-electron chi connectivity index (χ0n) is 26.1. The van der Waals surface area contributed by atoms with Crippen LogP contribution in [0.15, 0.2) is 58.5 Å². The van der Waals surface area contributed by atoms with Crippen LogP contribution in [0, 0.1) is 0 Å². The Morgan fingerprint density at radius 1 is 0.977 bits per heavy atom. The van der Waals surface area contributed by atoms with Crippen molar-refractivity contribution in [2.45, 2.75) is 29.7 Å². The highest BCUT2D eigenvalue weighted by molar-refractivity contribution is 7.99. The number of likely N-dealkylation sites (N-methyl/N-ethyl adjacent to an activating group) is 1. The van der Waals surface area contributed by atoms with E-state index in [1.807, 2.05) is 70.7 Å². The van der Waals surface area contributed by atoms with Gasteiger partial charge in [-0.1, -0.05) is 23.9 Å². The van der Waals surface area contributed by atoms with E-state index in [9.17, 15) is 9.59 Å². The van der Waals surface area contributed by atoms with Crippen LogP contribution in [0.5, 0.6) is 5.75 Å². The van der Waals surface area contributed by atoms with Crippen molar-refractivity contribution in [1.29, 1.82) is 0 Å². The summed E-state index contributed by atoms with van der Waals surface area (Å²) in [5.74, 6) is -0.0958. The van der Waals surface area contributed by atoms with Crippen molar-refractivity contribution in [2.75, 3.05) is 53.4 Å². The standard InChI is InChI=1S/C34H36N4O5S/c1-8-42-33(39)29-31-27(24-18-21(35(3)4)14-16-37(24)29)26(20-10-12-23(41-7)13-11-20)28-25-19-22(36(5)6)15-17-38(25)30(32(28)44-31)34(40)43-9-2/h10-19,21H,8-9H2,1-7H3/p+1. The Hall–Kier alpha value is -4.41. The van der Waals surface area contributed by atoms with E-state index in [4.69, 9.17) is 14.2 Å². The van der Waals surface area contributed by atoms with E-state index >= 15 is 0 Å². The van der Waals surface area contributed by atoms with Crippen LogP contribution >= 0.6 is 11.8 Å². The highest BCUT2D eigenvalue weighted by atomic mass is 32.2. The molecule has 0 spiro atoms. The van der Waals surface area contributed by atoms with Crippen LogP contribution in [0.1, 0.15) is 46.0 Å². The minimum atomic E-state index is -0.421. The summed E-state index contributed by atoms with van der Waals surface area (Å²) in [7, 11) is 9.86. The number of quaternary nitrogens is 1. The Kier molecular flexibility index (Phi) is 7.81. The molecule has 3 aromatic heterocycles. The number of carbonyl (C=O) groups excluding carboxylic acids is 2. The first-order valence-corrected chi connectivity index (χ1v) is 15.5. The molecule has 4 aromatic rings. The van der Waals surface area contributed by atoms with Gasteiger partial charge in [-0.25, -0.2) is 9.59 Å². The van der Waals surface area contributed by atoms with Crippen molar-refractivity contribution in [3.63, 3.8) is 0 Å². The number of rotatable bonds is 8. The number of hydrogen-bond acceptors (Lipinski definition) is 7. The summed E-state index contributed by atoms with van der Waals surface area (Å²) >= 11 is 1.43. The quantitative estimate of drug-likeness (QED) is 0.270. The minimum Gasteiger partial charge on any atom is -0.497 e. The molecule has 1 N–H and O–H groups in total. The molecule has 44 heavy (non-hydrogen) atoms. The molecule has 0 aliphatic carbocycles. The third-order valence-electron chi connectivity index (χ3n) is 8.06. The lowest BCUT2D eigenvalue weighted by molar-refractivity contribution is -0.868. The highest BCUT2D eigenvalue weighted by Crippen LogP contribution is 2.46. The molecular weight excluding hydrogens is 576 g/mol. The monoisotopic (exact) mass is 613 g/mol. The van der Waals surface area contributed by atoms with Crippen LogP contribution in [0.25, 0.3) is 23.4 Å². The lowest BCUT2D eigenvalue weighted by atomic mass is 9.95. The van der Waals surface area contributed by atoms with E-state index in [0.29, 0.717) is 11.4 Å². The zero-order valence-corrected chi connectivity index (χ0v) is 26.9. The molecular formula is C34H37N4O5S+. The van der Waals surface area contributed by atoms with Crippen LogP contribution in [0.2, 0.25) is 0 Å². The van der Waals surface area contributed by atoms with Crippen LogP contribution in [-0.2, 0) is 9.47 Å². The fourth-order valence-corrected chi connectivity index (χ4v) is 7.28. The van der Waals surface area contributed by atoms with E-state index in [1.54, 1.807) is 21.0 Å². The molecule has 0 amide bonds. The number of hydrogen-bond donors (Lipinski definition) is 1. The summed E-state index contributed by atoms with van der Waals surface area (Å²) in [5.41, 5.74) is 5.52. The maximum Gasteiger partial charge on any atom is 0.356 e. The molecule has 0 saturated carbocycles. The first kappa shape index (κ1) is 29.7. The van der Waals surface area contributed by atoms with E-state index < -0.39 is 11.9 Å². The molecule has 2 aliphatic heterocycles. The van der Waals surface area contributed by atoms with Gasteiger partial charge in [-0.2, -0.15) is 0 Å². The Balaban J connectivity index is 1.84. The van der Waals surface area contributed by atoms with Gasteiger partial charge in [0.25, 0.3) is 0 Å². The number of pyridine rings is 1. The van der Waals surface area contributed by atoms with Crippen molar-refractivity contribution < 1.29 is 28.7 Å². The van der Waals surface area contributed by atoms with E-state index in [1.165, 1.54) is 16.7 Å². The Bertz CT molecular complexity index is 1950. The van der Waals surface area contributed by atoms with Crippen LogP contribution in [0.3, 0.4) is 0 Å². The number of anilines is 1. The number of methoxy groups -OCH3 is 1. The second-order valence-corrected chi connectivity index (χ2v) is 12.2. The van der Waals surface area contributed by atoms with Crippen LogP contribution < -0.4 is 25.1 Å². The van der Waals surface area contributed by atoms with Crippen molar-refractivity contribution in [2.24, 2.45) is 0 Å². The Morgan fingerprint density at radius 3 is 2.27 bits per heavy atom. The molecule has 228 valence electrons. The minimum absolute atomic E-state index is 0.0984. The van der Waals surface area contributed by atoms with Crippen molar-refractivity contribution in [3.05, 3.63) is 81.8 Å². The largest absolute Gasteiger partial charge is 0.497 e. The van der Waals surface area contributed by atoms with Crippen LogP contribution in [-0.4, -0.2) is 75.5 Å². The predicted molar refractivity (Wildman–Crippen MR) is 172 cm³/mol. The fraction of sp³-hybridized carbons (Fsp3) is 0.294. The topological polar surface area (TPSA) is 78.8 Å². The SMILES string of the molecule is CCOC(=O)c1c2c(c3n1C=CC([NH+](C)C)C=3)=C(c1ccc(OC)cc1)c1c(c(C(=O)OCC)n3ccc(N(C)C)cc13)S2. The molecule has 5 heterocycles. The number of carbonyl (C=O) groups is 2. The van der Waals surface area contributed by atoms with Gasteiger partial charge in [-0.05, 0) is 49.8 Å². The first-order valence-electron chi connectivity index (χ1n) is 14.7. The number of nitrogens with zero attached hydrogens (tertiary/aromatic N) is 3. The summed E-state index contributed by atoms with van der Waals surface area (Å²) in [6.07, 6.45) is 8.20. The average Bonchev–Trinajstić information content (AvgIpc) is 3.52. The molecule has 1 aromatic carbocycles. The van der Waals surface area contributed by atoms with Crippen molar-refractivity contribution >= 4 is 52.8 Å². The first-order chi connectivity index (χ1) is 21.2. The summed E-state index contributed by atoms with van der Waals surface area (Å²) in [4.78, 5) is 32.1. The van der Waals surface area contributed by atoms with Crippen molar-refractivity contribution in [1.82, 2.24) is 8.97 Å². The predicted octanol–water partition coefficient (Wildman–Crippen LogP) is 2.66. The van der Waals surface area contributed by atoms with Gasteiger partial charge in [0.15, 0.2) is 0 Å². The number of esters is 2. The van der Waals surface area contributed by atoms with Crippen LogP contribution in [0.4, 0.5) is 5.69 Å². The Labute approximate surface area is 260 Å². The smallest absolute Gasteiger partial charge is 0.356 e. The third-order valence-corrected chi connectivity index (χ3v) is 9.26. The fourth-order valence-electron chi connectivity index (χ4n) is 5.90. The maximum absolute atomic E-state index is 13.7. The van der Waals surface area contributed by atoms with Gasteiger partial charge in [0, 0.05) is 54.6 Å². The zero-order chi connectivity index (χ0) is 31.3. The van der Waals surface area contributed by atoms with Gasteiger partial charge in [0.05, 0.1) is 55.1 Å². The molecule has 1 unspecified atom stereocenters. The maximum atomic E-state index is 13.7. The molecule has 2 aliphatic rings. The van der Waals surface area contributed by atoms with E-state index in [0.717, 1.165) is 54.0 Å². The molecule has 0 radical (unpaired) electrons. The average molecular weight is 614 g/mol. The van der Waals surface area contributed by atoms with Gasteiger partial charge in [-0.3, -0.25) is 0 Å². The van der Waals surface area contributed by atoms with E-state index in [2.05, 4.69) is 32.3 Å². The second kappa shape index (κ2) is 11.6. The number of ether oxygens (including phenoxy) is 3. The van der Waals surface area contributed by atoms with Gasteiger partial charge in [-0.15, -0.1) is 0 Å². The van der Waals surface area contributed by atoms with E-state index in [-0.39, 0.29) is 19.3 Å². The highest BCUT2D eigenvalue weighted by Gasteiger charge is 2.36. The number of aromatic nitrogens is 2. The molecule has 6 rings (SSSR count).